The Morgan fingerprint density at radius 1 is 1.36 bits per heavy atom. The molecule has 0 radical (unpaired) electrons. The third kappa shape index (κ3) is 5.28. The molecular weight excluding hydrogens is 384 g/mol. The Kier molecular flexibility index (Phi) is 7.06. The van der Waals surface area contributed by atoms with Crippen molar-refractivity contribution in [2.75, 3.05) is 17.7 Å². The maximum absolute atomic E-state index is 12.1. The van der Waals surface area contributed by atoms with E-state index in [0.29, 0.717) is 16.4 Å². The lowest BCUT2D eigenvalue weighted by Gasteiger charge is -2.09. The van der Waals surface area contributed by atoms with Crippen LogP contribution in [-0.2, 0) is 9.53 Å². The number of nitrogens with one attached hydrogen (secondary N) is 1. The average molecular weight is 400 g/mol. The zero-order valence-corrected chi connectivity index (χ0v) is 15.9. The van der Waals surface area contributed by atoms with Crippen LogP contribution in [-0.4, -0.2) is 34.1 Å². The number of aryl methyl sites for hydroxylation is 1. The van der Waals surface area contributed by atoms with E-state index in [9.17, 15) is 25.0 Å². The number of nitriles is 1. The highest BCUT2D eigenvalue weighted by molar-refractivity contribution is 8.00. The largest absolute Gasteiger partial charge is 0.462 e. The number of esters is 1. The molecule has 0 aliphatic carbocycles. The summed E-state index contributed by atoms with van der Waals surface area (Å²) >= 11 is 1.05. The normalized spacial score (nSPS) is 10.0. The van der Waals surface area contributed by atoms with Crippen molar-refractivity contribution in [2.24, 2.45) is 0 Å². The Morgan fingerprint density at radius 3 is 2.61 bits per heavy atom. The molecule has 0 spiro atoms. The second-order valence-corrected chi connectivity index (χ2v) is 6.41. The first-order chi connectivity index (χ1) is 13.3. The van der Waals surface area contributed by atoms with E-state index in [-0.39, 0.29) is 35.1 Å². The second kappa shape index (κ2) is 9.48. The van der Waals surface area contributed by atoms with Crippen molar-refractivity contribution in [1.29, 1.82) is 5.26 Å². The van der Waals surface area contributed by atoms with E-state index >= 15 is 0 Å². The molecule has 10 heteroatoms. The minimum Gasteiger partial charge on any atom is -0.462 e. The summed E-state index contributed by atoms with van der Waals surface area (Å²) in [6, 6.07) is 8.80. The van der Waals surface area contributed by atoms with Gasteiger partial charge >= 0.3 is 5.97 Å². The van der Waals surface area contributed by atoms with Crippen LogP contribution in [0.5, 0.6) is 0 Å². The minimum atomic E-state index is -0.559. The van der Waals surface area contributed by atoms with E-state index in [0.717, 1.165) is 11.8 Å². The van der Waals surface area contributed by atoms with Crippen LogP contribution in [0.15, 0.2) is 35.4 Å². The number of carbonyl (C=O) groups is 2. The van der Waals surface area contributed by atoms with Crippen LogP contribution in [0.1, 0.15) is 28.5 Å². The Balaban J connectivity index is 2.06. The van der Waals surface area contributed by atoms with Gasteiger partial charge in [-0.15, -0.1) is 0 Å². The second-order valence-electron chi connectivity index (χ2n) is 5.45. The number of hydrogen-bond donors (Lipinski definition) is 1. The van der Waals surface area contributed by atoms with Crippen LogP contribution in [0.3, 0.4) is 0 Å². The number of benzene rings is 1. The first-order valence-corrected chi connectivity index (χ1v) is 9.10. The number of anilines is 1. The number of aromatic nitrogens is 1. The molecule has 9 nitrogen and oxygen atoms in total. The topological polar surface area (TPSA) is 135 Å². The maximum Gasteiger partial charge on any atom is 0.340 e. The summed E-state index contributed by atoms with van der Waals surface area (Å²) in [4.78, 5) is 38.3. The summed E-state index contributed by atoms with van der Waals surface area (Å²) in [6.45, 7) is 3.51. The van der Waals surface area contributed by atoms with Crippen LogP contribution in [0.4, 0.5) is 11.4 Å². The van der Waals surface area contributed by atoms with Gasteiger partial charge in [-0.2, -0.15) is 5.26 Å². The molecule has 0 saturated heterocycles. The van der Waals surface area contributed by atoms with Crippen LogP contribution in [0.2, 0.25) is 0 Å². The van der Waals surface area contributed by atoms with Gasteiger partial charge in [0.05, 0.1) is 34.1 Å². The number of rotatable bonds is 7. The van der Waals surface area contributed by atoms with Gasteiger partial charge in [-0.1, -0.05) is 11.8 Å². The number of non-ortho nitro benzene ring substituents is 1. The van der Waals surface area contributed by atoms with Crippen LogP contribution >= 0.6 is 11.8 Å². The summed E-state index contributed by atoms with van der Waals surface area (Å²) < 4.78 is 4.93. The van der Waals surface area contributed by atoms with E-state index in [4.69, 9.17) is 4.74 Å². The number of ether oxygens (including phenoxy) is 1. The van der Waals surface area contributed by atoms with Gasteiger partial charge in [0.1, 0.15) is 11.1 Å². The molecule has 1 aromatic carbocycles. The number of nitro benzene ring substituents is 1. The molecule has 1 N–H and O–H groups in total. The molecule has 144 valence electrons. The van der Waals surface area contributed by atoms with Crippen molar-refractivity contribution in [3.05, 3.63) is 57.3 Å². The van der Waals surface area contributed by atoms with Crippen molar-refractivity contribution < 1.29 is 19.2 Å². The average Bonchev–Trinajstić information content (AvgIpc) is 2.67. The van der Waals surface area contributed by atoms with Crippen LogP contribution < -0.4 is 5.32 Å². The van der Waals surface area contributed by atoms with Crippen molar-refractivity contribution in [2.45, 2.75) is 18.9 Å². The van der Waals surface area contributed by atoms with Gasteiger partial charge < -0.3 is 10.1 Å². The van der Waals surface area contributed by atoms with Crippen molar-refractivity contribution in [3.8, 4) is 6.07 Å². The lowest BCUT2D eigenvalue weighted by molar-refractivity contribution is -0.384. The highest BCUT2D eigenvalue weighted by Gasteiger charge is 2.17. The summed E-state index contributed by atoms with van der Waals surface area (Å²) in [7, 11) is 0. The molecule has 28 heavy (non-hydrogen) atoms. The molecule has 0 saturated carbocycles. The van der Waals surface area contributed by atoms with Gasteiger partial charge in [-0.05, 0) is 32.0 Å². The molecule has 0 unspecified atom stereocenters. The van der Waals surface area contributed by atoms with E-state index in [2.05, 4.69) is 10.3 Å². The third-order valence-electron chi connectivity index (χ3n) is 3.50. The van der Waals surface area contributed by atoms with Crippen LogP contribution in [0.25, 0.3) is 0 Å². The summed E-state index contributed by atoms with van der Waals surface area (Å²) in [6.07, 6.45) is 0. The van der Waals surface area contributed by atoms with E-state index in [1.54, 1.807) is 13.8 Å². The number of amides is 1. The molecule has 0 aliphatic rings. The molecular formula is C18H16N4O5S. The van der Waals surface area contributed by atoms with Gasteiger partial charge in [0.15, 0.2) is 0 Å². The zero-order chi connectivity index (χ0) is 20.7. The number of pyridine rings is 1. The lowest BCUT2D eigenvalue weighted by atomic mass is 10.1. The Hall–Kier alpha value is -3.45. The Bertz CT molecular complexity index is 954. The fourth-order valence-corrected chi connectivity index (χ4v) is 2.99. The van der Waals surface area contributed by atoms with Crippen molar-refractivity contribution >= 4 is 35.0 Å². The highest BCUT2D eigenvalue weighted by atomic mass is 32.2. The van der Waals surface area contributed by atoms with Gasteiger partial charge in [-0.3, -0.25) is 14.9 Å². The highest BCUT2D eigenvalue weighted by Crippen LogP contribution is 2.24. The van der Waals surface area contributed by atoms with E-state index in [1.807, 2.05) is 6.07 Å². The van der Waals surface area contributed by atoms with Gasteiger partial charge in [0.2, 0.25) is 5.91 Å². The molecule has 0 fully saturated rings. The molecule has 1 heterocycles. The van der Waals surface area contributed by atoms with Crippen LogP contribution in [0, 0.1) is 28.4 Å². The smallest absolute Gasteiger partial charge is 0.340 e. The van der Waals surface area contributed by atoms with Gasteiger partial charge in [0.25, 0.3) is 5.69 Å². The quantitative estimate of drug-likeness (QED) is 0.324. The number of hydrogen-bond acceptors (Lipinski definition) is 8. The predicted octanol–water partition coefficient (Wildman–Crippen LogP) is 3.08. The first-order valence-electron chi connectivity index (χ1n) is 8.11. The number of thioether (sulfide) groups is 1. The standard InChI is InChI=1S/C18H16N4O5S/c1-3-27-18(24)15-8-12(9-19)17(20-11(15)2)28-10-16(23)21-13-4-6-14(7-5-13)22(25)26/h4-8H,3,10H2,1-2H3,(H,21,23). The molecule has 0 atom stereocenters. The molecule has 0 aliphatic heterocycles. The van der Waals surface area contributed by atoms with E-state index < -0.39 is 10.9 Å². The molecule has 2 aromatic rings. The summed E-state index contributed by atoms with van der Waals surface area (Å²) in [5, 5.41) is 22.9. The van der Waals surface area contributed by atoms with Crippen molar-refractivity contribution in [3.63, 3.8) is 0 Å². The molecule has 0 bridgehead atoms. The lowest BCUT2D eigenvalue weighted by Crippen LogP contribution is -2.14. The monoisotopic (exact) mass is 400 g/mol. The van der Waals surface area contributed by atoms with Gasteiger partial charge in [-0.25, -0.2) is 9.78 Å². The van der Waals surface area contributed by atoms with E-state index in [1.165, 1.54) is 30.3 Å². The Labute approximate surface area is 164 Å². The molecule has 1 amide bonds. The number of nitro groups is 1. The fraction of sp³-hybridized carbons (Fsp3) is 0.222. The van der Waals surface area contributed by atoms with Gasteiger partial charge in [0, 0.05) is 17.8 Å². The SMILES string of the molecule is CCOC(=O)c1cc(C#N)c(SCC(=O)Nc2ccc([N+](=O)[O-])cc2)nc1C. The Morgan fingerprint density at radius 2 is 2.04 bits per heavy atom. The number of nitrogens with zero attached hydrogens (tertiary/aromatic N) is 3. The minimum absolute atomic E-state index is 0.0309. The molecule has 2 rings (SSSR count). The summed E-state index contributed by atoms with van der Waals surface area (Å²) in [5.74, 6) is -0.954. The third-order valence-corrected chi connectivity index (χ3v) is 4.49. The summed E-state index contributed by atoms with van der Waals surface area (Å²) in [5.41, 5.74) is 1.11. The van der Waals surface area contributed by atoms with Crippen molar-refractivity contribution in [1.82, 2.24) is 4.98 Å². The fourth-order valence-electron chi connectivity index (χ4n) is 2.19. The molecule has 1 aromatic heterocycles. The maximum atomic E-state index is 12.1. The zero-order valence-electron chi connectivity index (χ0n) is 15.1. The predicted molar refractivity (Wildman–Crippen MR) is 102 cm³/mol. The number of carbonyl (C=O) groups excluding carboxylic acids is 2. The first kappa shape index (κ1) is 20.9.